The zero-order valence-electron chi connectivity index (χ0n) is 16.1. The Morgan fingerprint density at radius 3 is 3.04 bits per heavy atom. The number of aryl methyl sites for hydroxylation is 1. The topological polar surface area (TPSA) is 81.6 Å². The van der Waals surface area contributed by atoms with Gasteiger partial charge >= 0.3 is 0 Å². The van der Waals surface area contributed by atoms with E-state index >= 15 is 0 Å². The van der Waals surface area contributed by atoms with Gasteiger partial charge in [0.1, 0.15) is 18.0 Å². The SMILES string of the molecule is Cc1ccc2nc(COc3cccc(C(=O)NC4CCCC4CN)c3)cn2c1. The zero-order chi connectivity index (χ0) is 19.5. The molecule has 6 nitrogen and oxygen atoms in total. The summed E-state index contributed by atoms with van der Waals surface area (Å²) in [5.41, 5.74) is 9.33. The molecule has 28 heavy (non-hydrogen) atoms. The lowest BCUT2D eigenvalue weighted by Gasteiger charge is -2.19. The highest BCUT2D eigenvalue weighted by Crippen LogP contribution is 2.25. The van der Waals surface area contributed by atoms with Gasteiger partial charge < -0.3 is 20.2 Å². The van der Waals surface area contributed by atoms with Crippen molar-refractivity contribution in [2.45, 2.75) is 38.8 Å². The Hall–Kier alpha value is -2.86. The molecule has 0 aliphatic heterocycles. The van der Waals surface area contributed by atoms with Crippen LogP contribution in [0.1, 0.15) is 40.9 Å². The van der Waals surface area contributed by atoms with E-state index in [0.717, 1.165) is 30.6 Å². The number of nitrogens with two attached hydrogens (primary N) is 1. The second-order valence-corrected chi connectivity index (χ2v) is 7.53. The third-order valence-corrected chi connectivity index (χ3v) is 5.41. The molecule has 1 fully saturated rings. The van der Waals surface area contributed by atoms with Gasteiger partial charge in [-0.3, -0.25) is 4.79 Å². The molecule has 6 heteroatoms. The summed E-state index contributed by atoms with van der Waals surface area (Å²) in [5, 5.41) is 3.13. The Morgan fingerprint density at radius 2 is 2.18 bits per heavy atom. The van der Waals surface area contributed by atoms with Crippen LogP contribution < -0.4 is 15.8 Å². The molecular weight excluding hydrogens is 352 g/mol. The highest BCUT2D eigenvalue weighted by Gasteiger charge is 2.27. The van der Waals surface area contributed by atoms with Crippen molar-refractivity contribution in [2.24, 2.45) is 11.7 Å². The number of fused-ring (bicyclic) bond motifs is 1. The van der Waals surface area contributed by atoms with E-state index in [9.17, 15) is 4.79 Å². The number of aromatic nitrogens is 2. The van der Waals surface area contributed by atoms with Crippen LogP contribution in [0.4, 0.5) is 0 Å². The molecule has 0 spiro atoms. The summed E-state index contributed by atoms with van der Waals surface area (Å²) in [7, 11) is 0. The Kier molecular flexibility index (Phi) is 5.30. The number of pyridine rings is 1. The van der Waals surface area contributed by atoms with Gasteiger partial charge in [0.15, 0.2) is 0 Å². The normalized spacial score (nSPS) is 19.1. The first-order chi connectivity index (χ1) is 13.6. The van der Waals surface area contributed by atoms with E-state index in [2.05, 4.69) is 10.3 Å². The maximum Gasteiger partial charge on any atom is 0.251 e. The van der Waals surface area contributed by atoms with E-state index in [1.165, 1.54) is 5.56 Å². The monoisotopic (exact) mass is 378 g/mol. The Bertz CT molecular complexity index is 982. The van der Waals surface area contributed by atoms with Gasteiger partial charge in [-0.15, -0.1) is 0 Å². The molecule has 1 aliphatic rings. The molecule has 146 valence electrons. The number of ether oxygens (including phenoxy) is 1. The van der Waals surface area contributed by atoms with Crippen molar-refractivity contribution < 1.29 is 9.53 Å². The molecule has 3 aromatic rings. The number of imidazole rings is 1. The van der Waals surface area contributed by atoms with Crippen molar-refractivity contribution in [1.82, 2.24) is 14.7 Å². The van der Waals surface area contributed by atoms with Gasteiger partial charge in [-0.25, -0.2) is 4.98 Å². The van der Waals surface area contributed by atoms with E-state index in [1.807, 2.05) is 54.0 Å². The molecule has 1 saturated carbocycles. The fraction of sp³-hybridized carbons (Fsp3) is 0.364. The summed E-state index contributed by atoms with van der Waals surface area (Å²) in [6.45, 7) is 3.02. The molecule has 0 saturated heterocycles. The minimum atomic E-state index is -0.0704. The summed E-state index contributed by atoms with van der Waals surface area (Å²) in [6.07, 6.45) is 7.20. The number of nitrogens with zero attached hydrogens (tertiary/aromatic N) is 2. The third-order valence-electron chi connectivity index (χ3n) is 5.41. The van der Waals surface area contributed by atoms with E-state index < -0.39 is 0 Å². The molecule has 0 bridgehead atoms. The highest BCUT2D eigenvalue weighted by atomic mass is 16.5. The number of carbonyl (C=O) groups is 1. The van der Waals surface area contributed by atoms with Crippen LogP contribution in [0.3, 0.4) is 0 Å². The summed E-state index contributed by atoms with van der Waals surface area (Å²) in [4.78, 5) is 17.2. The molecule has 2 atom stereocenters. The van der Waals surface area contributed by atoms with Gasteiger partial charge in [-0.05, 0) is 62.1 Å². The first-order valence-electron chi connectivity index (χ1n) is 9.80. The van der Waals surface area contributed by atoms with E-state index in [-0.39, 0.29) is 11.9 Å². The van der Waals surface area contributed by atoms with Gasteiger partial charge in [0.25, 0.3) is 5.91 Å². The number of benzene rings is 1. The molecule has 1 aromatic carbocycles. The van der Waals surface area contributed by atoms with E-state index in [1.54, 1.807) is 6.07 Å². The molecule has 2 aromatic heterocycles. The number of rotatable bonds is 6. The van der Waals surface area contributed by atoms with Gasteiger partial charge in [-0.1, -0.05) is 18.6 Å². The van der Waals surface area contributed by atoms with Crippen LogP contribution in [0.2, 0.25) is 0 Å². The van der Waals surface area contributed by atoms with Crippen molar-refractivity contribution in [3.8, 4) is 5.75 Å². The molecule has 3 N–H and O–H groups in total. The molecule has 2 heterocycles. The second kappa shape index (κ2) is 8.02. The van der Waals surface area contributed by atoms with Crippen molar-refractivity contribution >= 4 is 11.6 Å². The average Bonchev–Trinajstić information content (AvgIpc) is 3.32. The molecule has 1 amide bonds. The Labute approximate surface area is 164 Å². The lowest BCUT2D eigenvalue weighted by molar-refractivity contribution is 0.0928. The minimum absolute atomic E-state index is 0.0704. The van der Waals surface area contributed by atoms with Gasteiger partial charge in [0.2, 0.25) is 0 Å². The number of amides is 1. The summed E-state index contributed by atoms with van der Waals surface area (Å²) in [5.74, 6) is 0.962. The smallest absolute Gasteiger partial charge is 0.251 e. The number of hydrogen-bond donors (Lipinski definition) is 2. The fourth-order valence-electron chi connectivity index (χ4n) is 3.87. The van der Waals surface area contributed by atoms with E-state index in [0.29, 0.717) is 30.4 Å². The predicted octanol–water partition coefficient (Wildman–Crippen LogP) is 3.08. The first-order valence-corrected chi connectivity index (χ1v) is 9.80. The van der Waals surface area contributed by atoms with Crippen LogP contribution in [0.5, 0.6) is 5.75 Å². The zero-order valence-corrected chi connectivity index (χ0v) is 16.1. The molecular formula is C22H26N4O2. The van der Waals surface area contributed by atoms with Crippen molar-refractivity contribution in [1.29, 1.82) is 0 Å². The maximum absolute atomic E-state index is 12.6. The number of nitrogens with one attached hydrogen (secondary N) is 1. The van der Waals surface area contributed by atoms with Gasteiger partial charge in [-0.2, -0.15) is 0 Å². The third kappa shape index (κ3) is 4.02. The van der Waals surface area contributed by atoms with Crippen LogP contribution in [0.15, 0.2) is 48.8 Å². The summed E-state index contributed by atoms with van der Waals surface area (Å²) in [6, 6.07) is 11.5. The minimum Gasteiger partial charge on any atom is -0.487 e. The largest absolute Gasteiger partial charge is 0.487 e. The van der Waals surface area contributed by atoms with Crippen molar-refractivity contribution in [2.75, 3.05) is 6.54 Å². The average molecular weight is 378 g/mol. The van der Waals surface area contributed by atoms with Crippen LogP contribution in [0, 0.1) is 12.8 Å². The quantitative estimate of drug-likeness (QED) is 0.691. The fourth-order valence-corrected chi connectivity index (χ4v) is 3.87. The second-order valence-electron chi connectivity index (χ2n) is 7.53. The molecule has 1 aliphatic carbocycles. The predicted molar refractivity (Wildman–Crippen MR) is 108 cm³/mol. The van der Waals surface area contributed by atoms with Crippen LogP contribution in [0.25, 0.3) is 5.65 Å². The highest BCUT2D eigenvalue weighted by molar-refractivity contribution is 5.94. The standard InChI is InChI=1S/C22H26N4O2/c1-15-8-9-21-24-18(13-26(21)12-15)14-28-19-6-2-4-16(10-19)22(27)25-20-7-3-5-17(20)11-23/h2,4,6,8-10,12-13,17,20H,3,5,7,11,14,23H2,1H3,(H,25,27). The first kappa shape index (κ1) is 18.5. The maximum atomic E-state index is 12.6. The number of hydrogen-bond acceptors (Lipinski definition) is 4. The van der Waals surface area contributed by atoms with E-state index in [4.69, 9.17) is 10.5 Å². The molecule has 4 rings (SSSR count). The molecule has 0 radical (unpaired) electrons. The Morgan fingerprint density at radius 1 is 1.29 bits per heavy atom. The van der Waals surface area contributed by atoms with Crippen molar-refractivity contribution in [3.05, 3.63) is 65.6 Å². The van der Waals surface area contributed by atoms with Crippen LogP contribution in [-0.2, 0) is 6.61 Å². The summed E-state index contributed by atoms with van der Waals surface area (Å²) < 4.78 is 7.87. The van der Waals surface area contributed by atoms with Crippen molar-refractivity contribution in [3.63, 3.8) is 0 Å². The lowest BCUT2D eigenvalue weighted by Crippen LogP contribution is -2.39. The lowest BCUT2D eigenvalue weighted by atomic mass is 10.0. The van der Waals surface area contributed by atoms with Gasteiger partial charge in [0, 0.05) is 24.0 Å². The van der Waals surface area contributed by atoms with Crippen LogP contribution in [-0.4, -0.2) is 27.9 Å². The van der Waals surface area contributed by atoms with Gasteiger partial charge in [0.05, 0.1) is 5.69 Å². The molecule has 2 unspecified atom stereocenters. The Balaban J connectivity index is 1.40. The number of carbonyl (C=O) groups excluding carboxylic acids is 1. The van der Waals surface area contributed by atoms with Crippen LogP contribution >= 0.6 is 0 Å². The summed E-state index contributed by atoms with van der Waals surface area (Å²) >= 11 is 0.